The predicted octanol–water partition coefficient (Wildman–Crippen LogP) is 1.77. The first-order valence-electron chi connectivity index (χ1n) is 7.33. The second-order valence-electron chi connectivity index (χ2n) is 5.29. The Morgan fingerprint density at radius 1 is 1.22 bits per heavy atom. The number of halogens is 2. The summed E-state index contributed by atoms with van der Waals surface area (Å²) < 4.78 is 5.37. The lowest BCUT2D eigenvalue weighted by Gasteiger charge is -2.20. The highest BCUT2D eigenvalue weighted by atomic mass is 35.5. The molecule has 1 unspecified atom stereocenters. The first-order chi connectivity index (χ1) is 11.1. The first-order valence-corrected chi connectivity index (χ1v) is 8.09. The SMILES string of the molecule is Clc1ccccc1Cl.O=C1CN(CC2CNCCOC2)C(=O)N1. The van der Waals surface area contributed by atoms with Crippen molar-refractivity contribution in [3.05, 3.63) is 34.3 Å². The molecule has 0 aromatic heterocycles. The van der Waals surface area contributed by atoms with E-state index >= 15 is 0 Å². The van der Waals surface area contributed by atoms with Gasteiger partial charge in [-0.05, 0) is 12.1 Å². The van der Waals surface area contributed by atoms with E-state index in [1.807, 2.05) is 12.1 Å². The van der Waals surface area contributed by atoms with Crippen LogP contribution in [0.5, 0.6) is 0 Å². The van der Waals surface area contributed by atoms with E-state index in [0.29, 0.717) is 29.8 Å². The Balaban J connectivity index is 0.000000203. The molecule has 8 heteroatoms. The van der Waals surface area contributed by atoms with E-state index in [9.17, 15) is 9.59 Å². The Labute approximate surface area is 145 Å². The summed E-state index contributed by atoms with van der Waals surface area (Å²) >= 11 is 11.2. The number of ether oxygens (including phenoxy) is 1. The Morgan fingerprint density at radius 3 is 2.48 bits per heavy atom. The summed E-state index contributed by atoms with van der Waals surface area (Å²) in [5.41, 5.74) is 0. The van der Waals surface area contributed by atoms with Crippen molar-refractivity contribution in [3.8, 4) is 0 Å². The summed E-state index contributed by atoms with van der Waals surface area (Å²) in [6, 6.07) is 6.90. The van der Waals surface area contributed by atoms with Gasteiger partial charge >= 0.3 is 6.03 Å². The zero-order valence-electron chi connectivity index (χ0n) is 12.6. The molecule has 2 aliphatic heterocycles. The van der Waals surface area contributed by atoms with Crippen LogP contribution in [-0.4, -0.2) is 56.2 Å². The number of carbonyl (C=O) groups excluding carboxylic acids is 2. The van der Waals surface area contributed by atoms with E-state index in [0.717, 1.165) is 13.1 Å². The minimum Gasteiger partial charge on any atom is -0.380 e. The smallest absolute Gasteiger partial charge is 0.324 e. The van der Waals surface area contributed by atoms with Crippen LogP contribution in [-0.2, 0) is 9.53 Å². The van der Waals surface area contributed by atoms with Crippen molar-refractivity contribution in [1.29, 1.82) is 0 Å². The number of benzene rings is 1. The summed E-state index contributed by atoms with van der Waals surface area (Å²) in [4.78, 5) is 23.8. The number of rotatable bonds is 2. The van der Waals surface area contributed by atoms with E-state index in [-0.39, 0.29) is 24.4 Å². The van der Waals surface area contributed by atoms with Gasteiger partial charge in [-0.15, -0.1) is 0 Å². The summed E-state index contributed by atoms with van der Waals surface area (Å²) in [6.07, 6.45) is 0. The summed E-state index contributed by atoms with van der Waals surface area (Å²) in [5.74, 6) is 0.0478. The zero-order chi connectivity index (χ0) is 16.7. The number of imide groups is 1. The fourth-order valence-electron chi connectivity index (χ4n) is 2.26. The molecule has 23 heavy (non-hydrogen) atoms. The van der Waals surface area contributed by atoms with Gasteiger partial charge in [-0.2, -0.15) is 0 Å². The van der Waals surface area contributed by atoms with Crippen LogP contribution in [0.15, 0.2) is 24.3 Å². The monoisotopic (exact) mass is 359 g/mol. The van der Waals surface area contributed by atoms with E-state index in [2.05, 4.69) is 10.6 Å². The number of nitrogens with one attached hydrogen (secondary N) is 2. The van der Waals surface area contributed by atoms with Gasteiger partial charge in [0.2, 0.25) is 5.91 Å². The number of carbonyl (C=O) groups is 2. The molecule has 0 bridgehead atoms. The second-order valence-corrected chi connectivity index (χ2v) is 6.11. The normalized spacial score (nSPS) is 21.3. The van der Waals surface area contributed by atoms with Gasteiger partial charge in [-0.3, -0.25) is 10.1 Å². The summed E-state index contributed by atoms with van der Waals surface area (Å²) in [5, 5.41) is 6.70. The molecule has 1 aromatic carbocycles. The average molecular weight is 360 g/mol. The molecule has 1 atom stereocenters. The molecule has 1 aromatic rings. The second kappa shape index (κ2) is 9.08. The lowest BCUT2D eigenvalue weighted by atomic mass is 10.1. The summed E-state index contributed by atoms with van der Waals surface area (Å²) in [6.45, 7) is 3.78. The Hall–Kier alpha value is -1.34. The minimum absolute atomic E-state index is 0.176. The largest absolute Gasteiger partial charge is 0.380 e. The van der Waals surface area contributed by atoms with Crippen LogP contribution in [0.2, 0.25) is 10.0 Å². The molecule has 2 saturated heterocycles. The molecule has 3 rings (SSSR count). The highest BCUT2D eigenvalue weighted by Crippen LogP contribution is 2.19. The highest BCUT2D eigenvalue weighted by Gasteiger charge is 2.28. The molecule has 2 aliphatic rings. The minimum atomic E-state index is -0.288. The Kier molecular flexibility index (Phi) is 7.11. The van der Waals surface area contributed by atoms with Crippen molar-refractivity contribution < 1.29 is 14.3 Å². The highest BCUT2D eigenvalue weighted by molar-refractivity contribution is 6.41. The maximum Gasteiger partial charge on any atom is 0.324 e. The summed E-state index contributed by atoms with van der Waals surface area (Å²) in [7, 11) is 0. The van der Waals surface area contributed by atoms with Gasteiger partial charge in [0.05, 0.1) is 23.3 Å². The van der Waals surface area contributed by atoms with Crippen LogP contribution in [0.4, 0.5) is 4.79 Å². The molecular weight excluding hydrogens is 341 g/mol. The van der Waals surface area contributed by atoms with Gasteiger partial charge < -0.3 is 15.0 Å². The first kappa shape index (κ1) is 18.0. The third-order valence-corrected chi connectivity index (χ3v) is 4.14. The Bertz CT molecular complexity index is 528. The molecule has 2 heterocycles. The maximum atomic E-state index is 11.3. The third kappa shape index (κ3) is 5.99. The quantitative estimate of drug-likeness (QED) is 0.789. The average Bonchev–Trinajstić information content (AvgIpc) is 2.71. The van der Waals surface area contributed by atoms with Crippen molar-refractivity contribution in [3.63, 3.8) is 0 Å². The lowest BCUT2D eigenvalue weighted by Crippen LogP contribution is -2.37. The van der Waals surface area contributed by atoms with Crippen molar-refractivity contribution in [1.82, 2.24) is 15.5 Å². The standard InChI is InChI=1S/C9H15N3O3.C6H4Cl2/c13-8-5-12(9(14)11-8)4-7-3-10-1-2-15-6-7;7-5-3-1-2-4-6(5)8/h7,10H,1-6H2,(H,11,13,14);1-4H. The molecule has 0 radical (unpaired) electrons. The fourth-order valence-corrected chi connectivity index (χ4v) is 2.53. The van der Waals surface area contributed by atoms with Crippen molar-refractivity contribution in [2.45, 2.75) is 0 Å². The molecule has 2 N–H and O–H groups in total. The van der Waals surface area contributed by atoms with E-state index in [1.54, 1.807) is 12.1 Å². The molecule has 126 valence electrons. The topological polar surface area (TPSA) is 70.7 Å². The molecule has 0 saturated carbocycles. The Morgan fingerprint density at radius 2 is 1.91 bits per heavy atom. The molecule has 0 spiro atoms. The molecule has 2 fully saturated rings. The zero-order valence-corrected chi connectivity index (χ0v) is 14.1. The van der Waals surface area contributed by atoms with Gasteiger partial charge in [0.15, 0.2) is 0 Å². The molecule has 0 aliphatic carbocycles. The van der Waals surface area contributed by atoms with Gasteiger partial charge in [0.1, 0.15) is 6.54 Å². The number of hydrogen-bond donors (Lipinski definition) is 2. The fraction of sp³-hybridized carbons (Fsp3) is 0.467. The number of amides is 3. The van der Waals surface area contributed by atoms with Crippen LogP contribution in [0.25, 0.3) is 0 Å². The number of hydrogen-bond acceptors (Lipinski definition) is 4. The van der Waals surface area contributed by atoms with Gasteiger partial charge in [0, 0.05) is 25.6 Å². The number of nitrogens with zero attached hydrogens (tertiary/aromatic N) is 1. The van der Waals surface area contributed by atoms with Crippen molar-refractivity contribution in [2.75, 3.05) is 39.4 Å². The van der Waals surface area contributed by atoms with Gasteiger partial charge in [0.25, 0.3) is 0 Å². The van der Waals surface area contributed by atoms with Crippen LogP contribution < -0.4 is 10.6 Å². The molecular formula is C15H19Cl2N3O3. The van der Waals surface area contributed by atoms with Crippen molar-refractivity contribution >= 4 is 35.1 Å². The van der Waals surface area contributed by atoms with Crippen LogP contribution in [0.3, 0.4) is 0 Å². The van der Waals surface area contributed by atoms with Crippen molar-refractivity contribution in [2.24, 2.45) is 5.92 Å². The van der Waals surface area contributed by atoms with Crippen LogP contribution in [0, 0.1) is 5.92 Å². The van der Waals surface area contributed by atoms with Crippen LogP contribution >= 0.6 is 23.2 Å². The predicted molar refractivity (Wildman–Crippen MR) is 88.8 cm³/mol. The van der Waals surface area contributed by atoms with E-state index in [1.165, 1.54) is 4.90 Å². The molecule has 6 nitrogen and oxygen atoms in total. The maximum absolute atomic E-state index is 11.3. The molecule has 3 amide bonds. The lowest BCUT2D eigenvalue weighted by molar-refractivity contribution is -0.118. The van der Waals surface area contributed by atoms with E-state index in [4.69, 9.17) is 27.9 Å². The van der Waals surface area contributed by atoms with Gasteiger partial charge in [-0.1, -0.05) is 35.3 Å². The van der Waals surface area contributed by atoms with Crippen LogP contribution in [0.1, 0.15) is 0 Å². The van der Waals surface area contributed by atoms with Gasteiger partial charge in [-0.25, -0.2) is 4.79 Å². The third-order valence-electron chi connectivity index (χ3n) is 3.38. The number of urea groups is 1. The van der Waals surface area contributed by atoms with E-state index < -0.39 is 0 Å².